The predicted molar refractivity (Wildman–Crippen MR) is 59.8 cm³/mol. The zero-order valence-corrected chi connectivity index (χ0v) is 9.29. The number of nitrogens with zero attached hydrogens (tertiary/aromatic N) is 1. The first kappa shape index (κ1) is 10.4. The van der Waals surface area contributed by atoms with Crippen LogP contribution in [0.25, 0.3) is 0 Å². The summed E-state index contributed by atoms with van der Waals surface area (Å²) < 4.78 is 0. The summed E-state index contributed by atoms with van der Waals surface area (Å²) in [6, 6.07) is 7.89. The van der Waals surface area contributed by atoms with Crippen molar-refractivity contribution in [1.82, 2.24) is 0 Å². The molecule has 80 valence electrons. The van der Waals surface area contributed by atoms with Gasteiger partial charge in [-0.05, 0) is 19.1 Å². The highest BCUT2D eigenvalue weighted by Crippen LogP contribution is 2.29. The molecule has 1 saturated heterocycles. The van der Waals surface area contributed by atoms with Crippen LogP contribution in [-0.2, 0) is 4.79 Å². The van der Waals surface area contributed by atoms with E-state index >= 15 is 0 Å². The molecule has 0 N–H and O–H groups in total. The van der Waals surface area contributed by atoms with Crippen LogP contribution in [0.5, 0.6) is 0 Å². The van der Waals surface area contributed by atoms with E-state index in [2.05, 4.69) is 0 Å². The van der Waals surface area contributed by atoms with Crippen LogP contribution in [0.15, 0.2) is 24.3 Å². The van der Waals surface area contributed by atoms with Crippen LogP contribution in [0.1, 0.15) is 5.56 Å². The van der Waals surface area contributed by atoms with Crippen LogP contribution in [0, 0.1) is 6.92 Å². The first-order chi connectivity index (χ1) is 7.18. The molecule has 0 aliphatic carbocycles. The quantitative estimate of drug-likeness (QED) is 0.736. The Morgan fingerprint density at radius 1 is 1.47 bits per heavy atom. The Hall–Kier alpha value is -1.16. The molecule has 0 spiro atoms. The van der Waals surface area contributed by atoms with Gasteiger partial charge in [-0.15, -0.1) is 11.8 Å². The van der Waals surface area contributed by atoms with Gasteiger partial charge < -0.3 is 14.8 Å². The van der Waals surface area contributed by atoms with Crippen LogP contribution < -0.4 is 10.0 Å². The molecule has 0 unspecified atom stereocenters. The first-order valence-electron chi connectivity index (χ1n) is 4.84. The largest absolute Gasteiger partial charge is 0.547 e. The number of hydrogen-bond acceptors (Lipinski definition) is 4. The van der Waals surface area contributed by atoms with Crippen LogP contribution in [0.4, 0.5) is 5.69 Å². The van der Waals surface area contributed by atoms with Gasteiger partial charge >= 0.3 is 0 Å². The molecule has 0 saturated carbocycles. The maximum Gasteiger partial charge on any atom is 0.115 e. The molecule has 2 rings (SSSR count). The van der Waals surface area contributed by atoms with Gasteiger partial charge in [0.15, 0.2) is 0 Å². The van der Waals surface area contributed by atoms with E-state index in [1.165, 1.54) is 17.3 Å². The molecule has 4 heteroatoms. The lowest BCUT2D eigenvalue weighted by atomic mass is 10.2. The van der Waals surface area contributed by atoms with E-state index in [-0.39, 0.29) is 0 Å². The molecule has 1 aromatic rings. The van der Waals surface area contributed by atoms with Gasteiger partial charge in [-0.25, -0.2) is 0 Å². The standard InChI is InChI=1S/C11H13NO2S/c1-8-2-4-9(5-3-8)12-6-7-15-10(12)11(13)14/h2-5,10H,6-7H2,1H3,(H,13,14)/p-1/t10-/m1/s1. The normalized spacial score (nSPS) is 20.6. The summed E-state index contributed by atoms with van der Waals surface area (Å²) in [4.78, 5) is 12.8. The van der Waals surface area contributed by atoms with E-state index in [1.54, 1.807) is 0 Å². The van der Waals surface area contributed by atoms with E-state index < -0.39 is 11.3 Å². The third kappa shape index (κ3) is 2.09. The average molecular weight is 222 g/mol. The summed E-state index contributed by atoms with van der Waals surface area (Å²) in [7, 11) is 0. The van der Waals surface area contributed by atoms with Crippen molar-refractivity contribution in [3.63, 3.8) is 0 Å². The van der Waals surface area contributed by atoms with Crippen molar-refractivity contribution in [2.75, 3.05) is 17.2 Å². The van der Waals surface area contributed by atoms with Crippen LogP contribution in [0.2, 0.25) is 0 Å². The fourth-order valence-electron chi connectivity index (χ4n) is 1.67. The maximum absolute atomic E-state index is 10.9. The van der Waals surface area contributed by atoms with Gasteiger partial charge in [0, 0.05) is 18.0 Å². The number of hydrogen-bond donors (Lipinski definition) is 0. The summed E-state index contributed by atoms with van der Waals surface area (Å²) in [6.07, 6.45) is 0. The van der Waals surface area contributed by atoms with Crippen molar-refractivity contribution in [1.29, 1.82) is 0 Å². The average Bonchev–Trinajstić information content (AvgIpc) is 2.67. The summed E-state index contributed by atoms with van der Waals surface area (Å²) in [5, 5.41) is 10.3. The molecule has 1 aliphatic rings. The lowest BCUT2D eigenvalue weighted by Crippen LogP contribution is -2.43. The van der Waals surface area contributed by atoms with Crippen LogP contribution in [0.3, 0.4) is 0 Å². The van der Waals surface area contributed by atoms with Crippen molar-refractivity contribution in [2.24, 2.45) is 0 Å². The van der Waals surface area contributed by atoms with E-state index in [9.17, 15) is 9.90 Å². The molecule has 0 radical (unpaired) electrons. The summed E-state index contributed by atoms with van der Waals surface area (Å²) in [5.74, 6) is -0.162. The number of anilines is 1. The Morgan fingerprint density at radius 3 is 2.73 bits per heavy atom. The smallest absolute Gasteiger partial charge is 0.115 e. The van der Waals surface area contributed by atoms with Crippen molar-refractivity contribution >= 4 is 23.4 Å². The highest BCUT2D eigenvalue weighted by Gasteiger charge is 2.25. The van der Waals surface area contributed by atoms with Crippen molar-refractivity contribution < 1.29 is 9.90 Å². The lowest BCUT2D eigenvalue weighted by molar-refractivity contribution is -0.304. The Labute approximate surface area is 93.1 Å². The summed E-state index contributed by atoms with van der Waals surface area (Å²) >= 11 is 1.42. The van der Waals surface area contributed by atoms with E-state index in [4.69, 9.17) is 0 Å². The molecular weight excluding hydrogens is 210 g/mol. The third-order valence-corrected chi connectivity index (χ3v) is 3.64. The molecule has 3 nitrogen and oxygen atoms in total. The van der Waals surface area contributed by atoms with Gasteiger partial charge in [0.25, 0.3) is 0 Å². The predicted octanol–water partition coefficient (Wildman–Crippen LogP) is 0.624. The van der Waals surface area contributed by atoms with Gasteiger partial charge in [-0.1, -0.05) is 17.7 Å². The highest BCUT2D eigenvalue weighted by atomic mass is 32.2. The number of aliphatic carboxylic acids is 1. The fourth-order valence-corrected chi connectivity index (χ4v) is 2.73. The second kappa shape index (κ2) is 4.14. The molecule has 0 bridgehead atoms. The van der Waals surface area contributed by atoms with Crippen LogP contribution in [-0.4, -0.2) is 23.6 Å². The van der Waals surface area contributed by atoms with Gasteiger partial charge in [0.2, 0.25) is 0 Å². The summed E-state index contributed by atoms with van der Waals surface area (Å²) in [5.41, 5.74) is 2.13. The van der Waals surface area contributed by atoms with Gasteiger partial charge in [0.05, 0.1) is 5.97 Å². The first-order valence-corrected chi connectivity index (χ1v) is 5.89. The van der Waals surface area contributed by atoms with Gasteiger partial charge in [-0.2, -0.15) is 0 Å². The number of carboxylic acid groups (broad SMARTS) is 1. The zero-order chi connectivity index (χ0) is 10.8. The minimum atomic E-state index is -1.00. The Kier molecular flexibility index (Phi) is 2.86. The van der Waals surface area contributed by atoms with E-state index in [0.29, 0.717) is 0 Å². The van der Waals surface area contributed by atoms with Crippen molar-refractivity contribution in [3.05, 3.63) is 29.8 Å². The fraction of sp³-hybridized carbons (Fsp3) is 0.364. The molecule has 1 fully saturated rings. The minimum absolute atomic E-state index is 0.535. The molecule has 1 aromatic carbocycles. The van der Waals surface area contributed by atoms with E-state index in [1.807, 2.05) is 36.1 Å². The number of carbonyl (C=O) groups excluding carboxylic acids is 1. The Bertz CT molecular complexity index is 363. The second-order valence-corrected chi connectivity index (χ2v) is 4.76. The second-order valence-electron chi connectivity index (χ2n) is 3.57. The summed E-state index contributed by atoms with van der Waals surface area (Å²) in [6.45, 7) is 2.78. The molecular formula is C11H12NO2S-. The monoisotopic (exact) mass is 222 g/mol. The number of aryl methyl sites for hydroxylation is 1. The number of benzene rings is 1. The zero-order valence-electron chi connectivity index (χ0n) is 8.47. The van der Waals surface area contributed by atoms with Gasteiger partial charge in [0.1, 0.15) is 5.37 Å². The molecule has 1 aliphatic heterocycles. The number of carboxylic acids is 1. The molecule has 0 aromatic heterocycles. The molecule has 1 atom stereocenters. The van der Waals surface area contributed by atoms with Crippen molar-refractivity contribution in [3.8, 4) is 0 Å². The maximum atomic E-state index is 10.9. The molecule has 15 heavy (non-hydrogen) atoms. The van der Waals surface area contributed by atoms with Crippen LogP contribution >= 0.6 is 11.8 Å². The molecule has 1 heterocycles. The number of thioether (sulfide) groups is 1. The van der Waals surface area contributed by atoms with E-state index in [0.717, 1.165) is 18.0 Å². The molecule has 0 amide bonds. The number of rotatable bonds is 2. The SMILES string of the molecule is Cc1ccc(N2CCS[C@@H]2C(=O)[O-])cc1. The lowest BCUT2D eigenvalue weighted by Gasteiger charge is -2.26. The topological polar surface area (TPSA) is 43.4 Å². The third-order valence-electron chi connectivity index (χ3n) is 2.46. The Balaban J connectivity index is 2.22. The number of carbonyl (C=O) groups is 1. The van der Waals surface area contributed by atoms with Crippen molar-refractivity contribution in [2.45, 2.75) is 12.3 Å². The highest BCUT2D eigenvalue weighted by molar-refractivity contribution is 8.01. The van der Waals surface area contributed by atoms with Gasteiger partial charge in [-0.3, -0.25) is 0 Å². The Morgan fingerprint density at radius 2 is 2.13 bits per heavy atom. The minimum Gasteiger partial charge on any atom is -0.547 e.